The molecule has 6 rings (SSSR count). The Morgan fingerprint density at radius 2 is 1.89 bits per heavy atom. The Balaban J connectivity index is 1.24. The van der Waals surface area contributed by atoms with Crippen LogP contribution in [0.25, 0.3) is 33.5 Å². The molecule has 1 aliphatic rings. The Labute approximate surface area is 210 Å². The SMILES string of the molecule is Cn1c(C(=O)N2CCC(F)(F)C2)cc2ccc(-c3nccc(Nc4ccc(-c5cn[nH]n5)cc4)n3)cc21. The average Bonchev–Trinajstić information content (AvgIpc) is 3.64. The number of carbonyl (C=O) groups is 1. The van der Waals surface area contributed by atoms with E-state index in [1.165, 1.54) is 4.90 Å². The van der Waals surface area contributed by atoms with Crippen LogP contribution in [0.2, 0.25) is 0 Å². The Kier molecular flexibility index (Phi) is 5.40. The van der Waals surface area contributed by atoms with E-state index in [-0.39, 0.29) is 13.0 Å². The summed E-state index contributed by atoms with van der Waals surface area (Å²) in [6.45, 7) is -0.496. The summed E-state index contributed by atoms with van der Waals surface area (Å²) in [6, 6.07) is 16.9. The molecule has 3 aromatic heterocycles. The van der Waals surface area contributed by atoms with E-state index in [1.807, 2.05) is 42.5 Å². The normalized spacial score (nSPS) is 14.8. The van der Waals surface area contributed by atoms with Crippen LogP contribution in [0.5, 0.6) is 0 Å². The van der Waals surface area contributed by atoms with Crippen molar-refractivity contribution in [1.82, 2.24) is 34.8 Å². The standard InChI is InChI=1S/C26H22F2N8O/c1-35-21-13-18(3-2-17(21)12-22(35)25(37)36-11-9-26(27,28)15-36)24-29-10-8-23(32-24)31-19-6-4-16(5-7-19)20-14-30-34-33-20/h2-8,10,12-14H,9,11,15H2,1H3,(H,29,31,32)(H,30,33,34). The van der Waals surface area contributed by atoms with Gasteiger partial charge in [-0.1, -0.05) is 24.3 Å². The van der Waals surface area contributed by atoms with E-state index in [9.17, 15) is 13.6 Å². The van der Waals surface area contributed by atoms with Gasteiger partial charge in [-0.2, -0.15) is 15.4 Å². The maximum Gasteiger partial charge on any atom is 0.270 e. The number of alkyl halides is 2. The smallest absolute Gasteiger partial charge is 0.270 e. The molecule has 0 unspecified atom stereocenters. The number of nitrogens with zero attached hydrogens (tertiary/aromatic N) is 6. The number of likely N-dealkylation sites (tertiary alicyclic amines) is 1. The third-order valence-corrected chi connectivity index (χ3v) is 6.50. The van der Waals surface area contributed by atoms with Gasteiger partial charge in [0, 0.05) is 53.9 Å². The van der Waals surface area contributed by atoms with Crippen molar-refractivity contribution < 1.29 is 13.6 Å². The molecule has 1 saturated heterocycles. The first-order valence-corrected chi connectivity index (χ1v) is 11.7. The highest BCUT2D eigenvalue weighted by molar-refractivity contribution is 5.99. The zero-order chi connectivity index (χ0) is 25.6. The van der Waals surface area contributed by atoms with Gasteiger partial charge in [-0.25, -0.2) is 18.7 Å². The van der Waals surface area contributed by atoms with Crippen molar-refractivity contribution in [2.75, 3.05) is 18.4 Å². The van der Waals surface area contributed by atoms with Gasteiger partial charge in [0.25, 0.3) is 11.8 Å². The van der Waals surface area contributed by atoms with Crippen molar-refractivity contribution in [1.29, 1.82) is 0 Å². The molecule has 1 amide bonds. The lowest BCUT2D eigenvalue weighted by atomic mass is 10.1. The molecule has 0 aliphatic carbocycles. The Hall–Kier alpha value is -4.67. The molecule has 186 valence electrons. The second kappa shape index (κ2) is 8.77. The van der Waals surface area contributed by atoms with Crippen molar-refractivity contribution in [2.24, 2.45) is 7.05 Å². The molecule has 0 bridgehead atoms. The Morgan fingerprint density at radius 3 is 2.62 bits per heavy atom. The Morgan fingerprint density at radius 1 is 1.08 bits per heavy atom. The number of hydrogen-bond donors (Lipinski definition) is 2. The van der Waals surface area contributed by atoms with E-state index in [4.69, 9.17) is 0 Å². The number of aryl methyl sites for hydroxylation is 1. The lowest BCUT2D eigenvalue weighted by Gasteiger charge is -2.16. The lowest BCUT2D eigenvalue weighted by molar-refractivity contribution is 0.0119. The molecule has 5 aromatic rings. The summed E-state index contributed by atoms with van der Waals surface area (Å²) in [5.74, 6) is -2.09. The minimum absolute atomic E-state index is 0.0508. The number of rotatable bonds is 5. The molecular formula is C26H22F2N8O. The van der Waals surface area contributed by atoms with Crippen molar-refractivity contribution in [2.45, 2.75) is 12.3 Å². The first kappa shape index (κ1) is 22.8. The van der Waals surface area contributed by atoms with Crippen LogP contribution >= 0.6 is 0 Å². The van der Waals surface area contributed by atoms with Gasteiger partial charge in [0.05, 0.1) is 12.7 Å². The Bertz CT molecular complexity index is 1600. The fourth-order valence-electron chi connectivity index (χ4n) is 4.53. The fourth-order valence-corrected chi connectivity index (χ4v) is 4.53. The van der Waals surface area contributed by atoms with Crippen LogP contribution in [-0.4, -0.2) is 59.8 Å². The fraction of sp³-hybridized carbons (Fsp3) is 0.192. The van der Waals surface area contributed by atoms with Crippen LogP contribution in [0.3, 0.4) is 0 Å². The topological polar surface area (TPSA) is 105 Å². The molecule has 2 aromatic carbocycles. The van der Waals surface area contributed by atoms with Gasteiger partial charge in [-0.3, -0.25) is 4.79 Å². The summed E-state index contributed by atoms with van der Waals surface area (Å²) in [7, 11) is 1.76. The van der Waals surface area contributed by atoms with E-state index in [2.05, 4.69) is 30.7 Å². The van der Waals surface area contributed by atoms with E-state index in [0.29, 0.717) is 17.3 Å². The molecular weight excluding hydrogens is 478 g/mol. The molecule has 4 heterocycles. The summed E-state index contributed by atoms with van der Waals surface area (Å²) in [5.41, 5.74) is 4.48. The third-order valence-electron chi connectivity index (χ3n) is 6.50. The summed E-state index contributed by atoms with van der Waals surface area (Å²) >= 11 is 0. The molecule has 0 saturated carbocycles. The van der Waals surface area contributed by atoms with E-state index in [0.717, 1.165) is 33.4 Å². The predicted octanol–water partition coefficient (Wildman–Crippen LogP) is 4.65. The van der Waals surface area contributed by atoms with Gasteiger partial charge in [0.15, 0.2) is 5.82 Å². The number of H-pyrrole nitrogens is 1. The van der Waals surface area contributed by atoms with Crippen LogP contribution < -0.4 is 5.32 Å². The predicted molar refractivity (Wildman–Crippen MR) is 135 cm³/mol. The minimum atomic E-state index is -2.83. The number of benzene rings is 2. The summed E-state index contributed by atoms with van der Waals surface area (Å²) in [5, 5.41) is 14.6. The van der Waals surface area contributed by atoms with Crippen LogP contribution in [0.15, 0.2) is 67.0 Å². The van der Waals surface area contributed by atoms with Crippen molar-refractivity contribution in [3.8, 4) is 22.6 Å². The summed E-state index contributed by atoms with van der Waals surface area (Å²) in [4.78, 5) is 23.2. The van der Waals surface area contributed by atoms with Gasteiger partial charge in [-0.15, -0.1) is 0 Å². The van der Waals surface area contributed by atoms with Crippen LogP contribution in [-0.2, 0) is 7.05 Å². The number of amides is 1. The van der Waals surface area contributed by atoms with Gasteiger partial charge < -0.3 is 14.8 Å². The molecule has 11 heteroatoms. The van der Waals surface area contributed by atoms with Crippen molar-refractivity contribution >= 4 is 28.3 Å². The van der Waals surface area contributed by atoms with Gasteiger partial charge >= 0.3 is 0 Å². The number of fused-ring (bicyclic) bond motifs is 1. The van der Waals surface area contributed by atoms with Gasteiger partial charge in [-0.05, 0) is 30.3 Å². The minimum Gasteiger partial charge on any atom is -0.340 e. The first-order valence-electron chi connectivity index (χ1n) is 11.7. The number of nitrogens with one attached hydrogen (secondary N) is 2. The van der Waals surface area contributed by atoms with E-state index in [1.54, 1.807) is 36.1 Å². The maximum atomic E-state index is 13.6. The highest BCUT2D eigenvalue weighted by atomic mass is 19.3. The van der Waals surface area contributed by atoms with Gasteiger partial charge in [0.1, 0.15) is 17.2 Å². The van der Waals surface area contributed by atoms with Crippen LogP contribution in [0, 0.1) is 0 Å². The second-order valence-electron chi connectivity index (χ2n) is 9.02. The number of aromatic nitrogens is 6. The summed E-state index contributed by atoms with van der Waals surface area (Å²) < 4.78 is 29.0. The first-order chi connectivity index (χ1) is 17.9. The van der Waals surface area contributed by atoms with Crippen LogP contribution in [0.1, 0.15) is 16.9 Å². The summed E-state index contributed by atoms with van der Waals surface area (Å²) in [6.07, 6.45) is 3.03. The molecule has 9 nitrogen and oxygen atoms in total. The third kappa shape index (κ3) is 4.39. The van der Waals surface area contributed by atoms with E-state index < -0.39 is 18.4 Å². The van der Waals surface area contributed by atoms with Crippen LogP contribution in [0.4, 0.5) is 20.3 Å². The zero-order valence-corrected chi connectivity index (χ0v) is 19.8. The molecule has 1 aliphatic heterocycles. The highest BCUT2D eigenvalue weighted by Crippen LogP contribution is 2.30. The molecule has 2 N–H and O–H groups in total. The molecule has 0 spiro atoms. The van der Waals surface area contributed by atoms with Crippen molar-refractivity contribution in [3.05, 3.63) is 72.7 Å². The lowest BCUT2D eigenvalue weighted by Crippen LogP contribution is -2.32. The second-order valence-corrected chi connectivity index (χ2v) is 9.02. The molecule has 1 fully saturated rings. The largest absolute Gasteiger partial charge is 0.340 e. The zero-order valence-electron chi connectivity index (χ0n) is 19.8. The quantitative estimate of drug-likeness (QED) is 0.364. The molecule has 0 atom stereocenters. The number of carbonyl (C=O) groups excluding carboxylic acids is 1. The number of halogens is 2. The maximum absolute atomic E-state index is 13.6. The highest BCUT2D eigenvalue weighted by Gasteiger charge is 2.41. The monoisotopic (exact) mass is 500 g/mol. The number of anilines is 2. The molecule has 0 radical (unpaired) electrons. The van der Waals surface area contributed by atoms with Gasteiger partial charge in [0.2, 0.25) is 0 Å². The average molecular weight is 501 g/mol. The molecule has 37 heavy (non-hydrogen) atoms. The number of aromatic amines is 1. The van der Waals surface area contributed by atoms with E-state index >= 15 is 0 Å². The number of hydrogen-bond acceptors (Lipinski definition) is 6. The van der Waals surface area contributed by atoms with Crippen molar-refractivity contribution in [3.63, 3.8) is 0 Å².